The van der Waals surface area contributed by atoms with Gasteiger partial charge in [0, 0.05) is 24.2 Å². The van der Waals surface area contributed by atoms with Gasteiger partial charge in [-0.05, 0) is 45.0 Å². The van der Waals surface area contributed by atoms with Crippen LogP contribution in [0.25, 0.3) is 11.3 Å². The lowest BCUT2D eigenvalue weighted by atomic mass is 10.2. The van der Waals surface area contributed by atoms with E-state index < -0.39 is 5.60 Å². The van der Waals surface area contributed by atoms with Crippen LogP contribution in [0.5, 0.6) is 0 Å². The van der Waals surface area contributed by atoms with Crippen LogP contribution in [-0.2, 0) is 4.74 Å². The Morgan fingerprint density at radius 1 is 1.28 bits per heavy atom. The fraction of sp³-hybridized carbons (Fsp3) is 0.286. The van der Waals surface area contributed by atoms with Gasteiger partial charge in [0.2, 0.25) is 0 Å². The van der Waals surface area contributed by atoms with Gasteiger partial charge in [-0.3, -0.25) is 9.55 Å². The van der Waals surface area contributed by atoms with Crippen LogP contribution in [0.1, 0.15) is 20.8 Å². The Labute approximate surface area is 106 Å². The van der Waals surface area contributed by atoms with Gasteiger partial charge in [0.1, 0.15) is 5.60 Å². The maximum absolute atomic E-state index is 12.0. The number of hydrogen-bond acceptors (Lipinski definition) is 3. The van der Waals surface area contributed by atoms with Gasteiger partial charge in [-0.1, -0.05) is 0 Å². The molecule has 0 aliphatic carbocycles. The summed E-state index contributed by atoms with van der Waals surface area (Å²) in [4.78, 5) is 16.1. The summed E-state index contributed by atoms with van der Waals surface area (Å²) in [5.41, 5.74) is 1.15. The fourth-order valence-electron chi connectivity index (χ4n) is 1.60. The molecule has 0 fully saturated rings. The monoisotopic (exact) mass is 244 g/mol. The van der Waals surface area contributed by atoms with Gasteiger partial charge in [-0.25, -0.2) is 4.79 Å². The summed E-state index contributed by atoms with van der Waals surface area (Å²) in [6.45, 7) is 5.54. The van der Waals surface area contributed by atoms with Crippen molar-refractivity contribution in [3.05, 3.63) is 42.9 Å². The molecule has 2 rings (SSSR count). The third-order valence-corrected chi connectivity index (χ3v) is 2.30. The van der Waals surface area contributed by atoms with Crippen LogP contribution in [0.2, 0.25) is 0 Å². The lowest BCUT2D eigenvalue weighted by Crippen LogP contribution is -2.27. The zero-order valence-electron chi connectivity index (χ0n) is 10.8. The number of carbonyl (C=O) groups excluding carboxylic acids is 1. The second kappa shape index (κ2) is 4.64. The van der Waals surface area contributed by atoms with Crippen LogP contribution >= 0.6 is 0 Å². The minimum Gasteiger partial charge on any atom is -0.443 e. The lowest BCUT2D eigenvalue weighted by molar-refractivity contribution is 0.0540. The molecule has 18 heavy (non-hydrogen) atoms. The zero-order chi connectivity index (χ0) is 13.2. The first-order valence-corrected chi connectivity index (χ1v) is 5.78. The van der Waals surface area contributed by atoms with E-state index in [-0.39, 0.29) is 6.09 Å². The predicted molar refractivity (Wildman–Crippen MR) is 69.3 cm³/mol. The Morgan fingerprint density at radius 2 is 2.06 bits per heavy atom. The molecule has 0 bridgehead atoms. The van der Waals surface area contributed by atoms with Crippen LogP contribution in [0.15, 0.2) is 42.9 Å². The van der Waals surface area contributed by atoms with E-state index in [9.17, 15) is 4.79 Å². The van der Waals surface area contributed by atoms with Gasteiger partial charge in [0.15, 0.2) is 0 Å². The first kappa shape index (κ1) is 12.4. The van der Waals surface area contributed by atoms with E-state index in [4.69, 9.17) is 4.74 Å². The summed E-state index contributed by atoms with van der Waals surface area (Å²) >= 11 is 0. The van der Waals surface area contributed by atoms with E-state index in [1.54, 1.807) is 18.6 Å². The zero-order valence-corrected chi connectivity index (χ0v) is 10.8. The van der Waals surface area contributed by atoms with Crippen molar-refractivity contribution in [2.75, 3.05) is 0 Å². The highest BCUT2D eigenvalue weighted by atomic mass is 16.6. The normalized spacial score (nSPS) is 11.3. The third kappa shape index (κ3) is 2.77. The van der Waals surface area contributed by atoms with Crippen LogP contribution in [-0.4, -0.2) is 21.2 Å². The molecule has 2 heterocycles. The van der Waals surface area contributed by atoms with Crippen molar-refractivity contribution in [2.24, 2.45) is 0 Å². The molecule has 0 amide bonds. The first-order chi connectivity index (χ1) is 8.47. The number of carbonyl (C=O) groups is 1. The van der Waals surface area contributed by atoms with Crippen molar-refractivity contribution < 1.29 is 9.53 Å². The molecule has 2 aromatic rings. The summed E-state index contributed by atoms with van der Waals surface area (Å²) in [6.07, 6.45) is 4.72. The van der Waals surface area contributed by atoms with Gasteiger partial charge < -0.3 is 4.74 Å². The van der Waals surface area contributed by atoms with Crippen molar-refractivity contribution in [1.29, 1.82) is 0 Å². The van der Waals surface area contributed by atoms with Gasteiger partial charge in [0.05, 0.1) is 5.69 Å². The molecule has 0 radical (unpaired) electrons. The average molecular weight is 244 g/mol. The van der Waals surface area contributed by atoms with Gasteiger partial charge >= 0.3 is 6.09 Å². The molecule has 2 aromatic heterocycles. The number of ether oxygens (including phenoxy) is 1. The summed E-state index contributed by atoms with van der Waals surface area (Å²) in [6, 6.07) is 7.41. The maximum Gasteiger partial charge on any atom is 0.418 e. The molecule has 0 atom stereocenters. The highest BCUT2D eigenvalue weighted by Crippen LogP contribution is 2.20. The molecule has 4 heteroatoms. The minimum absolute atomic E-state index is 0.383. The topological polar surface area (TPSA) is 44.1 Å². The molecule has 0 N–H and O–H groups in total. The highest BCUT2D eigenvalue weighted by Gasteiger charge is 2.19. The summed E-state index contributed by atoms with van der Waals surface area (Å²) in [7, 11) is 0. The first-order valence-electron chi connectivity index (χ1n) is 5.78. The van der Waals surface area contributed by atoms with E-state index in [0.29, 0.717) is 0 Å². The van der Waals surface area contributed by atoms with Crippen LogP contribution in [0.4, 0.5) is 4.79 Å². The van der Waals surface area contributed by atoms with E-state index in [1.165, 1.54) is 4.57 Å². The quantitative estimate of drug-likeness (QED) is 0.772. The molecular weight excluding hydrogens is 228 g/mol. The molecule has 0 saturated heterocycles. The van der Waals surface area contributed by atoms with E-state index in [0.717, 1.165) is 11.3 Å². The largest absolute Gasteiger partial charge is 0.443 e. The molecule has 0 aliphatic rings. The van der Waals surface area contributed by atoms with Crippen LogP contribution < -0.4 is 0 Å². The summed E-state index contributed by atoms with van der Waals surface area (Å²) in [5.74, 6) is 0. The number of rotatable bonds is 1. The second-order valence-corrected chi connectivity index (χ2v) is 4.99. The van der Waals surface area contributed by atoms with Crippen molar-refractivity contribution in [3.8, 4) is 11.3 Å². The highest BCUT2D eigenvalue weighted by molar-refractivity contribution is 5.78. The molecule has 0 spiro atoms. The third-order valence-electron chi connectivity index (χ3n) is 2.30. The Hall–Kier alpha value is -2.10. The molecular formula is C14H16N2O2. The molecule has 0 unspecified atom stereocenters. The van der Waals surface area contributed by atoms with Crippen LogP contribution in [0.3, 0.4) is 0 Å². The van der Waals surface area contributed by atoms with Crippen LogP contribution in [0, 0.1) is 0 Å². The Balaban J connectivity index is 2.32. The van der Waals surface area contributed by atoms with Crippen molar-refractivity contribution in [1.82, 2.24) is 9.55 Å². The van der Waals surface area contributed by atoms with Gasteiger partial charge in [0.25, 0.3) is 0 Å². The van der Waals surface area contributed by atoms with E-state index in [2.05, 4.69) is 4.98 Å². The number of hydrogen-bond donors (Lipinski definition) is 0. The smallest absolute Gasteiger partial charge is 0.418 e. The summed E-state index contributed by atoms with van der Waals surface area (Å²) in [5, 5.41) is 0. The maximum atomic E-state index is 12.0. The van der Waals surface area contributed by atoms with Crippen molar-refractivity contribution in [2.45, 2.75) is 26.4 Å². The average Bonchev–Trinajstić information content (AvgIpc) is 2.76. The molecule has 94 valence electrons. The van der Waals surface area contributed by atoms with Gasteiger partial charge in [-0.2, -0.15) is 0 Å². The number of pyridine rings is 1. The molecule has 0 aromatic carbocycles. The summed E-state index contributed by atoms with van der Waals surface area (Å²) < 4.78 is 6.84. The minimum atomic E-state index is -0.506. The lowest BCUT2D eigenvalue weighted by Gasteiger charge is -2.20. The van der Waals surface area contributed by atoms with E-state index in [1.807, 2.05) is 45.0 Å². The predicted octanol–water partition coefficient (Wildman–Crippen LogP) is 3.33. The molecule has 4 nitrogen and oxygen atoms in total. The van der Waals surface area contributed by atoms with Crippen molar-refractivity contribution in [3.63, 3.8) is 0 Å². The SMILES string of the molecule is CC(C)(C)OC(=O)n1cccc1-c1cccnc1. The molecule has 0 saturated carbocycles. The Kier molecular flexibility index (Phi) is 3.19. The number of nitrogens with zero attached hydrogens (tertiary/aromatic N) is 2. The number of aromatic nitrogens is 2. The fourth-order valence-corrected chi connectivity index (χ4v) is 1.60. The van der Waals surface area contributed by atoms with Crippen molar-refractivity contribution >= 4 is 6.09 Å². The van der Waals surface area contributed by atoms with Gasteiger partial charge in [-0.15, -0.1) is 0 Å². The van der Waals surface area contributed by atoms with E-state index >= 15 is 0 Å². The Morgan fingerprint density at radius 3 is 2.67 bits per heavy atom. The second-order valence-electron chi connectivity index (χ2n) is 4.99. The molecule has 0 aliphatic heterocycles. The standard InChI is InChI=1S/C14H16N2O2/c1-14(2,3)18-13(17)16-9-5-7-12(16)11-6-4-8-15-10-11/h4-10H,1-3H3. The Bertz CT molecular complexity index is 538.